The minimum atomic E-state index is -1.44. The van der Waals surface area contributed by atoms with Crippen molar-refractivity contribution in [1.29, 1.82) is 0 Å². The highest BCUT2D eigenvalue weighted by Crippen LogP contribution is 2.20. The van der Waals surface area contributed by atoms with Gasteiger partial charge in [-0.2, -0.15) is 0 Å². The molecule has 1 saturated heterocycles. The predicted molar refractivity (Wildman–Crippen MR) is 131 cm³/mol. The van der Waals surface area contributed by atoms with Crippen LogP contribution in [0.15, 0.2) is 30.3 Å². The van der Waals surface area contributed by atoms with E-state index in [-0.39, 0.29) is 32.1 Å². The quantitative estimate of drug-likeness (QED) is 0.163. The highest BCUT2D eigenvalue weighted by molar-refractivity contribution is 5.94. The lowest BCUT2D eigenvalue weighted by Gasteiger charge is -2.28. The third-order valence-corrected chi connectivity index (χ3v) is 6.06. The maximum absolute atomic E-state index is 13.1. The molecule has 4 atom stereocenters. The molecule has 202 valence electrons. The second kappa shape index (κ2) is 13.9. The Hall–Kier alpha value is -4.00. The molecule has 13 nitrogen and oxygen atoms in total. The summed E-state index contributed by atoms with van der Waals surface area (Å²) in [5.74, 6) is -4.77. The highest BCUT2D eigenvalue weighted by Gasteiger charge is 2.38. The van der Waals surface area contributed by atoms with Gasteiger partial charge in [0.25, 0.3) is 0 Å². The molecule has 4 unspecified atom stereocenters. The Morgan fingerprint density at radius 3 is 2.11 bits per heavy atom. The van der Waals surface area contributed by atoms with E-state index >= 15 is 0 Å². The van der Waals surface area contributed by atoms with Gasteiger partial charge in [-0.15, -0.1) is 0 Å². The van der Waals surface area contributed by atoms with Crippen molar-refractivity contribution in [2.45, 2.75) is 69.1 Å². The van der Waals surface area contributed by atoms with E-state index in [0.717, 1.165) is 5.56 Å². The Morgan fingerprint density at radius 2 is 1.54 bits per heavy atom. The number of primary amides is 2. The monoisotopic (exact) mass is 518 g/mol. The van der Waals surface area contributed by atoms with Gasteiger partial charge in [0, 0.05) is 19.4 Å². The number of hydrogen-bond donors (Lipinski definition) is 6. The SMILES string of the molecule is NC(=O)CCC(NC(=O)C(CCC(N)=O)NC(=O)C1CCCN1C(=O)C(N)Cc1ccccc1)C(=O)O. The van der Waals surface area contributed by atoms with Crippen molar-refractivity contribution in [3.05, 3.63) is 35.9 Å². The summed E-state index contributed by atoms with van der Waals surface area (Å²) in [6.07, 6.45) is 0.200. The summed E-state index contributed by atoms with van der Waals surface area (Å²) in [6.45, 7) is 0.311. The van der Waals surface area contributed by atoms with Gasteiger partial charge >= 0.3 is 5.97 Å². The van der Waals surface area contributed by atoms with Crippen LogP contribution in [0.4, 0.5) is 0 Å². The lowest BCUT2D eigenvalue weighted by atomic mass is 10.0. The van der Waals surface area contributed by atoms with Crippen LogP contribution in [0.5, 0.6) is 0 Å². The molecular formula is C24H34N6O7. The lowest BCUT2D eigenvalue weighted by molar-refractivity contribution is -0.143. The fourth-order valence-electron chi connectivity index (χ4n) is 4.11. The molecule has 0 saturated carbocycles. The van der Waals surface area contributed by atoms with Crippen LogP contribution in [0, 0.1) is 0 Å². The summed E-state index contributed by atoms with van der Waals surface area (Å²) in [5, 5.41) is 14.1. The van der Waals surface area contributed by atoms with E-state index in [0.29, 0.717) is 19.4 Å². The van der Waals surface area contributed by atoms with Gasteiger partial charge < -0.3 is 37.8 Å². The Morgan fingerprint density at radius 1 is 0.946 bits per heavy atom. The Balaban J connectivity index is 2.09. The number of carbonyl (C=O) groups is 6. The van der Waals surface area contributed by atoms with Crippen LogP contribution in [0.1, 0.15) is 44.1 Å². The normalized spacial score (nSPS) is 17.3. The van der Waals surface area contributed by atoms with Gasteiger partial charge in [0.15, 0.2) is 0 Å². The molecule has 13 heteroatoms. The number of carboxylic acids is 1. The van der Waals surface area contributed by atoms with Crippen molar-refractivity contribution in [3.8, 4) is 0 Å². The number of nitrogens with zero attached hydrogens (tertiary/aromatic N) is 1. The first-order valence-electron chi connectivity index (χ1n) is 12.0. The van der Waals surface area contributed by atoms with Gasteiger partial charge in [-0.1, -0.05) is 30.3 Å². The van der Waals surface area contributed by atoms with E-state index in [1.807, 2.05) is 30.3 Å². The Kier molecular flexibility index (Phi) is 11.0. The number of aliphatic carboxylic acids is 1. The van der Waals surface area contributed by atoms with Gasteiger partial charge in [-0.25, -0.2) is 4.79 Å². The third kappa shape index (κ3) is 9.18. The van der Waals surface area contributed by atoms with Crippen LogP contribution in [-0.4, -0.2) is 76.2 Å². The van der Waals surface area contributed by atoms with Crippen molar-refractivity contribution < 1.29 is 33.9 Å². The summed E-state index contributed by atoms with van der Waals surface area (Å²) < 4.78 is 0. The van der Waals surface area contributed by atoms with Crippen LogP contribution >= 0.6 is 0 Å². The van der Waals surface area contributed by atoms with Gasteiger partial charge in [-0.05, 0) is 37.7 Å². The van der Waals surface area contributed by atoms with Crippen LogP contribution in [0.25, 0.3) is 0 Å². The lowest BCUT2D eigenvalue weighted by Crippen LogP contribution is -2.57. The maximum atomic E-state index is 13.1. The van der Waals surface area contributed by atoms with Crippen LogP contribution < -0.4 is 27.8 Å². The number of carboxylic acid groups (broad SMARTS) is 1. The largest absolute Gasteiger partial charge is 0.480 e. The summed E-state index contributed by atoms with van der Waals surface area (Å²) in [5.41, 5.74) is 17.2. The molecule has 37 heavy (non-hydrogen) atoms. The molecule has 0 aromatic heterocycles. The Bertz CT molecular complexity index is 1000. The van der Waals surface area contributed by atoms with Crippen LogP contribution in [0.3, 0.4) is 0 Å². The molecule has 1 fully saturated rings. The molecule has 0 radical (unpaired) electrons. The number of nitrogens with one attached hydrogen (secondary N) is 2. The van der Waals surface area contributed by atoms with Gasteiger partial charge in [-0.3, -0.25) is 24.0 Å². The number of rotatable bonds is 14. The zero-order valence-electron chi connectivity index (χ0n) is 20.4. The third-order valence-electron chi connectivity index (χ3n) is 6.06. The predicted octanol–water partition coefficient (Wildman–Crippen LogP) is -1.87. The average Bonchev–Trinajstić information content (AvgIpc) is 3.33. The number of amides is 5. The van der Waals surface area contributed by atoms with Crippen molar-refractivity contribution >= 4 is 35.5 Å². The van der Waals surface area contributed by atoms with Gasteiger partial charge in [0.05, 0.1) is 6.04 Å². The van der Waals surface area contributed by atoms with E-state index in [1.165, 1.54) is 4.90 Å². The maximum Gasteiger partial charge on any atom is 0.326 e. The number of carbonyl (C=O) groups excluding carboxylic acids is 5. The fraction of sp³-hybridized carbons (Fsp3) is 0.500. The molecule has 1 aliphatic heterocycles. The molecular weight excluding hydrogens is 484 g/mol. The molecule has 1 aromatic rings. The zero-order valence-corrected chi connectivity index (χ0v) is 20.4. The molecule has 0 spiro atoms. The standard InChI is InChI=1S/C24H34N6O7/c25-15(13-14-5-2-1-3-6-14)23(35)30-12-4-7-18(30)22(34)28-16(8-10-19(26)31)21(33)29-17(24(36)37)9-11-20(27)32/h1-3,5-6,15-18H,4,7-13,25H2,(H2,26,31)(H2,27,32)(H,28,34)(H,29,33)(H,36,37). The summed E-state index contributed by atoms with van der Waals surface area (Å²) in [6, 6.07) is 4.71. The van der Waals surface area contributed by atoms with E-state index in [4.69, 9.17) is 17.2 Å². The molecule has 5 amide bonds. The number of hydrogen-bond acceptors (Lipinski definition) is 7. The molecule has 1 heterocycles. The fourth-order valence-corrected chi connectivity index (χ4v) is 4.11. The van der Waals surface area contributed by atoms with E-state index < -0.39 is 59.7 Å². The topological polar surface area (TPSA) is 228 Å². The summed E-state index contributed by atoms with van der Waals surface area (Å²) >= 11 is 0. The summed E-state index contributed by atoms with van der Waals surface area (Å²) in [4.78, 5) is 74.2. The van der Waals surface area contributed by atoms with E-state index in [1.54, 1.807) is 0 Å². The Labute approximate surface area is 214 Å². The minimum absolute atomic E-state index is 0.191. The van der Waals surface area contributed by atoms with Crippen molar-refractivity contribution in [2.24, 2.45) is 17.2 Å². The first-order valence-corrected chi connectivity index (χ1v) is 12.0. The summed E-state index contributed by atoms with van der Waals surface area (Å²) in [7, 11) is 0. The first-order chi connectivity index (χ1) is 17.5. The number of benzene rings is 1. The van der Waals surface area contributed by atoms with Crippen molar-refractivity contribution in [3.63, 3.8) is 0 Å². The zero-order chi connectivity index (χ0) is 27.5. The van der Waals surface area contributed by atoms with Crippen LogP contribution in [-0.2, 0) is 35.2 Å². The number of nitrogens with two attached hydrogens (primary N) is 3. The second-order valence-electron chi connectivity index (χ2n) is 8.96. The minimum Gasteiger partial charge on any atom is -0.480 e. The highest BCUT2D eigenvalue weighted by atomic mass is 16.4. The average molecular weight is 519 g/mol. The van der Waals surface area contributed by atoms with E-state index in [9.17, 15) is 33.9 Å². The van der Waals surface area contributed by atoms with Gasteiger partial charge in [0.1, 0.15) is 18.1 Å². The number of likely N-dealkylation sites (tertiary alicyclic amines) is 1. The van der Waals surface area contributed by atoms with Crippen LogP contribution in [0.2, 0.25) is 0 Å². The van der Waals surface area contributed by atoms with Crippen molar-refractivity contribution in [1.82, 2.24) is 15.5 Å². The molecule has 9 N–H and O–H groups in total. The molecule has 0 aliphatic carbocycles. The first kappa shape index (κ1) is 29.2. The molecule has 2 rings (SSSR count). The van der Waals surface area contributed by atoms with Gasteiger partial charge in [0.2, 0.25) is 29.5 Å². The van der Waals surface area contributed by atoms with Crippen molar-refractivity contribution in [2.75, 3.05) is 6.54 Å². The molecule has 1 aromatic carbocycles. The molecule has 1 aliphatic rings. The smallest absolute Gasteiger partial charge is 0.326 e. The second-order valence-corrected chi connectivity index (χ2v) is 8.96. The van der Waals surface area contributed by atoms with E-state index in [2.05, 4.69) is 10.6 Å². The molecule has 0 bridgehead atoms.